The fourth-order valence-electron chi connectivity index (χ4n) is 10.8. The van der Waals surface area contributed by atoms with Gasteiger partial charge in [0.2, 0.25) is 5.91 Å². The number of aliphatic carboxylic acids is 1. The van der Waals surface area contributed by atoms with Crippen molar-refractivity contribution in [3.05, 3.63) is 39.7 Å². The SMILES string of the molecule is Cc1c(CC(=O)O)c(=O)oc2cc(NC(=O)CC[C@@H](C)C3CC[C@H]4[C@@H]5C(O)C(O)[C@@H]6C[C@H](O)CC[C@]6(C)[C@H]5CCC34C)ccc12. The number of benzene rings is 1. The molecule has 1 amide bonds. The number of amides is 1. The summed E-state index contributed by atoms with van der Waals surface area (Å²) in [5.74, 6) is 0.208. The van der Waals surface area contributed by atoms with E-state index in [0.717, 1.165) is 44.9 Å². The van der Waals surface area contributed by atoms with Crippen molar-refractivity contribution in [2.45, 2.75) is 110 Å². The summed E-state index contributed by atoms with van der Waals surface area (Å²) >= 11 is 0. The van der Waals surface area contributed by atoms with Crippen molar-refractivity contribution < 1.29 is 34.4 Å². The minimum absolute atomic E-state index is 0.0440. The molecule has 0 bridgehead atoms. The summed E-state index contributed by atoms with van der Waals surface area (Å²) in [5, 5.41) is 45.9. The lowest BCUT2D eigenvalue weighted by Crippen LogP contribution is -2.64. The number of carbonyl (C=O) groups is 2. The number of carboxylic acid groups (broad SMARTS) is 1. The third-order valence-electron chi connectivity index (χ3n) is 13.2. The van der Waals surface area contributed by atoms with Crippen LogP contribution in [0.2, 0.25) is 0 Å². The molecule has 9 heteroatoms. The van der Waals surface area contributed by atoms with Gasteiger partial charge in [-0.05, 0) is 122 Å². The highest BCUT2D eigenvalue weighted by Crippen LogP contribution is 2.68. The van der Waals surface area contributed by atoms with Crippen LogP contribution in [0.4, 0.5) is 5.69 Å². The van der Waals surface area contributed by atoms with E-state index in [1.54, 1.807) is 25.1 Å². The second-order valence-electron chi connectivity index (χ2n) is 15.4. The molecule has 11 atom stereocenters. The van der Waals surface area contributed by atoms with Gasteiger partial charge in [-0.2, -0.15) is 0 Å². The Morgan fingerprint density at radius 3 is 2.44 bits per heavy atom. The van der Waals surface area contributed by atoms with E-state index >= 15 is 0 Å². The number of aryl methyl sites for hydroxylation is 1. The Bertz CT molecular complexity index is 1530. The fourth-order valence-corrected chi connectivity index (χ4v) is 10.8. The molecule has 6 rings (SSSR count). The van der Waals surface area contributed by atoms with E-state index in [1.165, 1.54) is 0 Å². The standard InChI is InChI=1S/C36H49NO8/c1-18(5-10-29(39)37-20-6-7-22-19(2)23(17-30(40)41)34(44)45-28(22)15-20)24-8-9-25-31-26(12-14-35(24,25)3)36(4)13-11-21(38)16-27(36)32(42)33(31)43/h6-7,15,18,21,24-27,31-33,38,42-43H,5,8-14,16-17H2,1-4H3,(H,37,39)(H,40,41)/t18-,21-,24?,25+,26+,27+,31+,32?,33?,35?,36-/m1/s1. The van der Waals surface area contributed by atoms with Crippen molar-refractivity contribution in [3.63, 3.8) is 0 Å². The molecule has 2 aromatic rings. The lowest BCUT2D eigenvalue weighted by atomic mass is 9.43. The second kappa shape index (κ2) is 11.8. The van der Waals surface area contributed by atoms with Gasteiger partial charge in [0.15, 0.2) is 0 Å². The average molecular weight is 624 g/mol. The largest absolute Gasteiger partial charge is 0.481 e. The summed E-state index contributed by atoms with van der Waals surface area (Å²) in [5.41, 5.74) is 0.815. The van der Waals surface area contributed by atoms with E-state index in [1.807, 2.05) is 0 Å². The summed E-state index contributed by atoms with van der Waals surface area (Å²) in [6.45, 7) is 8.62. The van der Waals surface area contributed by atoms with Gasteiger partial charge in [0, 0.05) is 23.6 Å². The first-order valence-electron chi connectivity index (χ1n) is 16.9. The molecule has 4 aliphatic carbocycles. The third-order valence-corrected chi connectivity index (χ3v) is 13.2. The number of aliphatic hydroxyl groups is 3. The van der Waals surface area contributed by atoms with Gasteiger partial charge in [0.05, 0.1) is 30.3 Å². The predicted octanol–water partition coefficient (Wildman–Crippen LogP) is 5.04. The van der Waals surface area contributed by atoms with Crippen LogP contribution in [0.25, 0.3) is 11.0 Å². The van der Waals surface area contributed by atoms with Crippen LogP contribution in [0.5, 0.6) is 0 Å². The molecule has 4 aliphatic rings. The van der Waals surface area contributed by atoms with Gasteiger partial charge in [-0.1, -0.05) is 20.8 Å². The van der Waals surface area contributed by atoms with Crippen LogP contribution < -0.4 is 10.9 Å². The van der Waals surface area contributed by atoms with E-state index in [2.05, 4.69) is 26.1 Å². The van der Waals surface area contributed by atoms with E-state index < -0.39 is 36.3 Å². The molecule has 246 valence electrons. The minimum atomic E-state index is -1.10. The number of nitrogens with one attached hydrogen (secondary N) is 1. The minimum Gasteiger partial charge on any atom is -0.481 e. The maximum Gasteiger partial charge on any atom is 0.340 e. The molecule has 0 saturated heterocycles. The van der Waals surface area contributed by atoms with E-state index in [-0.39, 0.29) is 34.1 Å². The number of hydrogen-bond acceptors (Lipinski definition) is 7. The maximum atomic E-state index is 13.1. The molecule has 0 aliphatic heterocycles. The fraction of sp³-hybridized carbons (Fsp3) is 0.694. The first-order chi connectivity index (χ1) is 21.2. The number of hydrogen-bond donors (Lipinski definition) is 5. The molecule has 45 heavy (non-hydrogen) atoms. The molecule has 0 spiro atoms. The van der Waals surface area contributed by atoms with Crippen LogP contribution in [0.3, 0.4) is 0 Å². The highest BCUT2D eigenvalue weighted by Gasteiger charge is 2.65. The van der Waals surface area contributed by atoms with Gasteiger partial charge in [-0.15, -0.1) is 0 Å². The van der Waals surface area contributed by atoms with Crippen molar-refractivity contribution in [3.8, 4) is 0 Å². The maximum absolute atomic E-state index is 13.1. The van der Waals surface area contributed by atoms with Crippen molar-refractivity contribution in [2.24, 2.45) is 46.3 Å². The lowest BCUT2D eigenvalue weighted by Gasteiger charge is -2.63. The Labute approximate surface area is 264 Å². The molecule has 4 fully saturated rings. The van der Waals surface area contributed by atoms with Crippen LogP contribution in [-0.4, -0.2) is 50.6 Å². The number of anilines is 1. The van der Waals surface area contributed by atoms with Gasteiger partial charge >= 0.3 is 11.6 Å². The number of fused-ring (bicyclic) bond motifs is 6. The quantitative estimate of drug-likeness (QED) is 0.268. The molecular formula is C36H49NO8. The Morgan fingerprint density at radius 2 is 1.71 bits per heavy atom. The zero-order valence-corrected chi connectivity index (χ0v) is 26.9. The van der Waals surface area contributed by atoms with Crippen molar-refractivity contribution in [2.75, 3.05) is 5.32 Å². The zero-order chi connectivity index (χ0) is 32.4. The van der Waals surface area contributed by atoms with Crippen molar-refractivity contribution >= 4 is 28.5 Å². The smallest absolute Gasteiger partial charge is 0.340 e. The number of carboxylic acids is 1. The summed E-state index contributed by atoms with van der Waals surface area (Å²) in [6.07, 6.45) is 5.17. The molecule has 9 nitrogen and oxygen atoms in total. The summed E-state index contributed by atoms with van der Waals surface area (Å²) < 4.78 is 5.40. The first-order valence-corrected chi connectivity index (χ1v) is 16.9. The molecule has 1 aromatic heterocycles. The Morgan fingerprint density at radius 1 is 1.00 bits per heavy atom. The first kappa shape index (κ1) is 32.2. The summed E-state index contributed by atoms with van der Waals surface area (Å²) in [7, 11) is 0. The second-order valence-corrected chi connectivity index (χ2v) is 15.4. The molecular weight excluding hydrogens is 574 g/mol. The van der Waals surface area contributed by atoms with Gasteiger partial charge < -0.3 is 30.2 Å². The zero-order valence-electron chi connectivity index (χ0n) is 26.9. The molecule has 4 saturated carbocycles. The Hall–Kier alpha value is -2.75. The van der Waals surface area contributed by atoms with Crippen LogP contribution >= 0.6 is 0 Å². The Balaban J connectivity index is 1.11. The molecule has 1 aromatic carbocycles. The van der Waals surface area contributed by atoms with E-state index in [0.29, 0.717) is 58.7 Å². The summed E-state index contributed by atoms with van der Waals surface area (Å²) in [4.78, 5) is 36.6. The van der Waals surface area contributed by atoms with Gasteiger partial charge in [-0.3, -0.25) is 9.59 Å². The van der Waals surface area contributed by atoms with Gasteiger partial charge in [-0.25, -0.2) is 4.79 Å². The summed E-state index contributed by atoms with van der Waals surface area (Å²) in [6, 6.07) is 5.09. The van der Waals surface area contributed by atoms with E-state index in [9.17, 15) is 29.7 Å². The molecule has 5 N–H and O–H groups in total. The lowest BCUT2D eigenvalue weighted by molar-refractivity contribution is -0.223. The van der Waals surface area contributed by atoms with Crippen LogP contribution in [0, 0.1) is 53.3 Å². The molecule has 0 radical (unpaired) electrons. The van der Waals surface area contributed by atoms with Crippen LogP contribution in [0.1, 0.15) is 89.7 Å². The number of carbonyl (C=O) groups excluding carboxylic acids is 1. The van der Waals surface area contributed by atoms with Crippen molar-refractivity contribution in [1.29, 1.82) is 0 Å². The number of aliphatic hydroxyl groups excluding tert-OH is 3. The normalized spacial score (nSPS) is 38.2. The van der Waals surface area contributed by atoms with Crippen LogP contribution in [-0.2, 0) is 16.0 Å². The topological polar surface area (TPSA) is 157 Å². The van der Waals surface area contributed by atoms with Crippen molar-refractivity contribution in [1.82, 2.24) is 0 Å². The average Bonchev–Trinajstić information content (AvgIpc) is 3.34. The highest BCUT2D eigenvalue weighted by molar-refractivity contribution is 5.94. The monoisotopic (exact) mass is 623 g/mol. The predicted molar refractivity (Wildman–Crippen MR) is 170 cm³/mol. The van der Waals surface area contributed by atoms with Crippen LogP contribution in [0.15, 0.2) is 27.4 Å². The molecule has 1 heterocycles. The third kappa shape index (κ3) is 5.42. The van der Waals surface area contributed by atoms with Gasteiger partial charge in [0.1, 0.15) is 5.58 Å². The van der Waals surface area contributed by atoms with E-state index in [4.69, 9.17) is 9.52 Å². The Kier molecular flexibility index (Phi) is 8.45. The number of rotatable bonds is 7. The molecule has 4 unspecified atom stereocenters. The van der Waals surface area contributed by atoms with Gasteiger partial charge in [0.25, 0.3) is 0 Å². The highest BCUT2D eigenvalue weighted by atomic mass is 16.4.